The predicted molar refractivity (Wildman–Crippen MR) is 147 cm³/mol. The third-order valence-corrected chi connectivity index (χ3v) is 5.86. The first-order chi connectivity index (χ1) is 16.9. The lowest BCUT2D eigenvalue weighted by Gasteiger charge is -2.23. The Balaban J connectivity index is 1.82. The summed E-state index contributed by atoms with van der Waals surface area (Å²) in [6, 6.07) is 17.2. The summed E-state index contributed by atoms with van der Waals surface area (Å²) in [6.45, 7) is 14.9. The average Bonchev–Trinajstić information content (AvgIpc) is 3.20. The molecule has 3 rings (SSSR count). The van der Waals surface area contributed by atoms with E-state index in [9.17, 15) is 9.59 Å². The van der Waals surface area contributed by atoms with Crippen LogP contribution in [0.3, 0.4) is 0 Å². The molecule has 0 saturated carbocycles. The van der Waals surface area contributed by atoms with Gasteiger partial charge >= 0.3 is 6.03 Å². The fourth-order valence-electron chi connectivity index (χ4n) is 3.74. The molecule has 1 heterocycles. The Morgan fingerprint density at radius 1 is 0.972 bits per heavy atom. The topological polar surface area (TPSA) is 79.3 Å². The summed E-state index contributed by atoms with van der Waals surface area (Å²) in [7, 11) is 0. The molecular weight excluding hydrogens is 450 g/mol. The first kappa shape index (κ1) is 27.0. The van der Waals surface area contributed by atoms with Crippen molar-refractivity contribution in [1.82, 2.24) is 14.7 Å². The molecule has 0 radical (unpaired) electrons. The SMILES string of the molecule is Cc1cccc(NC(=O)N(CCC(C)C)CC(=O)Nc2cc(C(C)(C)C)nn2-c2cccc(C)c2)c1. The minimum absolute atomic E-state index is 0.0613. The average molecular weight is 490 g/mol. The van der Waals surface area contributed by atoms with Crippen molar-refractivity contribution in [2.45, 2.75) is 60.3 Å². The first-order valence-electron chi connectivity index (χ1n) is 12.5. The van der Waals surface area contributed by atoms with Gasteiger partial charge in [0.25, 0.3) is 0 Å². The van der Waals surface area contributed by atoms with Gasteiger partial charge in [0.1, 0.15) is 12.4 Å². The number of carbonyl (C=O) groups is 2. The zero-order valence-electron chi connectivity index (χ0n) is 22.6. The van der Waals surface area contributed by atoms with Gasteiger partial charge in [0.2, 0.25) is 5.91 Å². The van der Waals surface area contributed by atoms with Crippen molar-refractivity contribution in [3.8, 4) is 5.69 Å². The van der Waals surface area contributed by atoms with Crippen LogP contribution in [0.5, 0.6) is 0 Å². The molecule has 0 unspecified atom stereocenters. The van der Waals surface area contributed by atoms with Crippen LogP contribution in [0.1, 0.15) is 57.9 Å². The minimum Gasteiger partial charge on any atom is -0.315 e. The van der Waals surface area contributed by atoms with Gasteiger partial charge in [-0.15, -0.1) is 0 Å². The molecule has 0 saturated heterocycles. The lowest BCUT2D eigenvalue weighted by Crippen LogP contribution is -2.41. The van der Waals surface area contributed by atoms with Gasteiger partial charge in [0.15, 0.2) is 0 Å². The van der Waals surface area contributed by atoms with Crippen LogP contribution in [-0.4, -0.2) is 39.7 Å². The van der Waals surface area contributed by atoms with Crippen LogP contribution in [0.4, 0.5) is 16.3 Å². The first-order valence-corrected chi connectivity index (χ1v) is 12.5. The second-order valence-electron chi connectivity index (χ2n) is 10.9. The Morgan fingerprint density at radius 2 is 1.64 bits per heavy atom. The van der Waals surface area contributed by atoms with Crippen molar-refractivity contribution >= 4 is 23.4 Å². The van der Waals surface area contributed by atoms with Crippen molar-refractivity contribution in [2.75, 3.05) is 23.7 Å². The Bertz CT molecular complexity index is 1210. The van der Waals surface area contributed by atoms with Gasteiger partial charge < -0.3 is 15.5 Å². The highest BCUT2D eigenvalue weighted by Gasteiger charge is 2.23. The van der Waals surface area contributed by atoms with E-state index < -0.39 is 0 Å². The largest absolute Gasteiger partial charge is 0.322 e. The second kappa shape index (κ2) is 11.4. The highest BCUT2D eigenvalue weighted by atomic mass is 16.2. The molecule has 3 amide bonds. The monoisotopic (exact) mass is 489 g/mol. The number of aryl methyl sites for hydroxylation is 2. The van der Waals surface area contributed by atoms with Crippen molar-refractivity contribution in [2.24, 2.45) is 5.92 Å². The van der Waals surface area contributed by atoms with Gasteiger partial charge in [0.05, 0.1) is 11.4 Å². The maximum Gasteiger partial charge on any atom is 0.322 e. The number of hydrogen-bond acceptors (Lipinski definition) is 3. The predicted octanol–water partition coefficient (Wildman–Crippen LogP) is 6.31. The molecule has 7 heteroatoms. The maximum atomic E-state index is 13.2. The molecule has 0 spiro atoms. The van der Waals surface area contributed by atoms with E-state index in [-0.39, 0.29) is 23.9 Å². The standard InChI is InChI=1S/C29H39N5O2/c1-20(2)14-15-33(28(36)30-23-12-8-10-21(3)16-23)19-27(35)31-26-18-25(29(5,6)7)32-34(26)24-13-9-11-22(4)17-24/h8-13,16-18,20H,14-15,19H2,1-7H3,(H,30,36)(H,31,35). The smallest absolute Gasteiger partial charge is 0.315 e. The van der Waals surface area contributed by atoms with Gasteiger partial charge in [0, 0.05) is 23.7 Å². The molecule has 0 aliphatic heterocycles. The number of benzene rings is 2. The van der Waals surface area contributed by atoms with Crippen LogP contribution in [-0.2, 0) is 10.2 Å². The van der Waals surface area contributed by atoms with E-state index in [4.69, 9.17) is 5.10 Å². The van der Waals surface area contributed by atoms with E-state index in [1.165, 1.54) is 0 Å². The lowest BCUT2D eigenvalue weighted by molar-refractivity contribution is -0.116. The molecule has 0 bridgehead atoms. The Labute approximate surface area is 214 Å². The van der Waals surface area contributed by atoms with Gasteiger partial charge in [-0.3, -0.25) is 4.79 Å². The van der Waals surface area contributed by atoms with Crippen molar-refractivity contribution in [3.63, 3.8) is 0 Å². The summed E-state index contributed by atoms with van der Waals surface area (Å²) in [5.41, 5.74) is 4.42. The van der Waals surface area contributed by atoms with E-state index >= 15 is 0 Å². The highest BCUT2D eigenvalue weighted by molar-refractivity contribution is 5.96. The Hall–Kier alpha value is -3.61. The highest BCUT2D eigenvalue weighted by Crippen LogP contribution is 2.26. The molecule has 0 aliphatic rings. The molecule has 3 aromatic rings. The number of rotatable bonds is 8. The van der Waals surface area contributed by atoms with Crippen molar-refractivity contribution in [1.29, 1.82) is 0 Å². The summed E-state index contributed by atoms with van der Waals surface area (Å²) in [6.07, 6.45) is 0.796. The fraction of sp³-hybridized carbons (Fsp3) is 0.414. The molecular formula is C29H39N5O2. The van der Waals surface area contributed by atoms with Gasteiger partial charge in [-0.1, -0.05) is 58.9 Å². The van der Waals surface area contributed by atoms with Crippen molar-refractivity contribution in [3.05, 3.63) is 71.4 Å². The summed E-state index contributed by atoms with van der Waals surface area (Å²) in [5, 5.41) is 10.7. The van der Waals surface area contributed by atoms with Gasteiger partial charge in [-0.25, -0.2) is 9.48 Å². The lowest BCUT2D eigenvalue weighted by atomic mass is 9.92. The summed E-state index contributed by atoms with van der Waals surface area (Å²) in [4.78, 5) is 27.9. The second-order valence-corrected chi connectivity index (χ2v) is 10.9. The van der Waals surface area contributed by atoms with E-state index in [1.54, 1.807) is 9.58 Å². The Kier molecular flexibility index (Phi) is 8.56. The summed E-state index contributed by atoms with van der Waals surface area (Å²) < 4.78 is 1.76. The summed E-state index contributed by atoms with van der Waals surface area (Å²) >= 11 is 0. The quantitative estimate of drug-likeness (QED) is 0.389. The molecule has 1 aromatic heterocycles. The van der Waals surface area contributed by atoms with Crippen molar-refractivity contribution < 1.29 is 9.59 Å². The van der Waals surface area contributed by atoms with Crippen LogP contribution in [0, 0.1) is 19.8 Å². The van der Waals surface area contributed by atoms with Crippen LogP contribution in [0.2, 0.25) is 0 Å². The van der Waals surface area contributed by atoms with E-state index in [1.807, 2.05) is 68.4 Å². The van der Waals surface area contributed by atoms with E-state index in [0.717, 1.165) is 28.9 Å². The number of urea groups is 1. The molecule has 2 N–H and O–H groups in total. The number of hydrogen-bond donors (Lipinski definition) is 2. The Morgan fingerprint density at radius 3 is 2.25 bits per heavy atom. The third-order valence-electron chi connectivity index (χ3n) is 5.86. The van der Waals surface area contributed by atoms with E-state index in [2.05, 4.69) is 45.3 Å². The molecule has 2 aromatic carbocycles. The minimum atomic E-state index is -0.293. The van der Waals surface area contributed by atoms with Crippen LogP contribution >= 0.6 is 0 Å². The van der Waals surface area contributed by atoms with Crippen LogP contribution < -0.4 is 10.6 Å². The number of amides is 3. The zero-order valence-corrected chi connectivity index (χ0v) is 22.6. The normalized spacial score (nSPS) is 11.4. The maximum absolute atomic E-state index is 13.2. The van der Waals surface area contributed by atoms with Gasteiger partial charge in [-0.05, 0) is 61.6 Å². The molecule has 0 atom stereocenters. The number of nitrogens with zero attached hydrogens (tertiary/aromatic N) is 3. The molecule has 36 heavy (non-hydrogen) atoms. The number of anilines is 2. The fourth-order valence-corrected chi connectivity index (χ4v) is 3.74. The summed E-state index contributed by atoms with van der Waals surface area (Å²) in [5.74, 6) is 0.713. The molecule has 192 valence electrons. The third kappa shape index (κ3) is 7.44. The van der Waals surface area contributed by atoms with Crippen LogP contribution in [0.25, 0.3) is 5.69 Å². The molecule has 0 aliphatic carbocycles. The van der Waals surface area contributed by atoms with E-state index in [0.29, 0.717) is 24.0 Å². The van der Waals surface area contributed by atoms with Gasteiger partial charge in [-0.2, -0.15) is 5.10 Å². The number of nitrogens with one attached hydrogen (secondary N) is 2. The number of carbonyl (C=O) groups excluding carboxylic acids is 2. The van der Waals surface area contributed by atoms with Crippen LogP contribution in [0.15, 0.2) is 54.6 Å². The molecule has 0 fully saturated rings. The number of aromatic nitrogens is 2. The zero-order chi connectivity index (χ0) is 26.5. The molecule has 7 nitrogen and oxygen atoms in total.